The van der Waals surface area contributed by atoms with Crippen LogP contribution in [0.2, 0.25) is 5.02 Å². The first kappa shape index (κ1) is 12.6. The summed E-state index contributed by atoms with van der Waals surface area (Å²) in [5.41, 5.74) is -0.0437. The normalized spacial score (nSPS) is 12.2. The van der Waals surface area contributed by atoms with Gasteiger partial charge in [-0.1, -0.05) is 11.6 Å². The summed E-state index contributed by atoms with van der Waals surface area (Å²) in [5.74, 6) is -0.544. The highest BCUT2D eigenvalue weighted by molar-refractivity contribution is 6.30. The molecule has 0 bridgehead atoms. The van der Waals surface area contributed by atoms with Gasteiger partial charge in [-0.15, -0.1) is 0 Å². The highest BCUT2D eigenvalue weighted by Gasteiger charge is 2.16. The van der Waals surface area contributed by atoms with Crippen LogP contribution in [0.5, 0.6) is 0 Å². The summed E-state index contributed by atoms with van der Waals surface area (Å²) >= 11 is 5.62. The van der Waals surface area contributed by atoms with E-state index in [0.717, 1.165) is 6.07 Å². The molecule has 0 fully saturated rings. The van der Waals surface area contributed by atoms with Gasteiger partial charge in [0.15, 0.2) is 0 Å². The van der Waals surface area contributed by atoms with E-state index in [1.807, 2.05) is 0 Å². The topological polar surface area (TPSA) is 57.8 Å². The van der Waals surface area contributed by atoms with Crippen LogP contribution in [0.3, 0.4) is 0 Å². The molecule has 0 aliphatic heterocycles. The van der Waals surface area contributed by atoms with E-state index in [9.17, 15) is 9.18 Å². The Morgan fingerprint density at radius 1 is 1.56 bits per heavy atom. The number of halogens is 2. The van der Waals surface area contributed by atoms with Crippen molar-refractivity contribution in [3.8, 4) is 0 Å². The molecule has 0 spiro atoms. The Balaban J connectivity index is 2.12. The molecule has 1 amide bonds. The third-order valence-corrected chi connectivity index (χ3v) is 2.69. The van der Waals surface area contributed by atoms with Crippen molar-refractivity contribution in [1.82, 2.24) is 15.3 Å². The molecule has 0 radical (unpaired) electrons. The van der Waals surface area contributed by atoms with Crippen molar-refractivity contribution in [2.75, 3.05) is 0 Å². The molecule has 1 heterocycles. The van der Waals surface area contributed by atoms with Gasteiger partial charge in [0.05, 0.1) is 11.6 Å². The molecule has 4 nitrogen and oxygen atoms in total. The van der Waals surface area contributed by atoms with Crippen LogP contribution in [0, 0.1) is 5.82 Å². The first-order valence-electron chi connectivity index (χ1n) is 5.33. The number of H-pyrrole nitrogens is 1. The zero-order chi connectivity index (χ0) is 13.1. The van der Waals surface area contributed by atoms with Gasteiger partial charge in [0.2, 0.25) is 0 Å². The van der Waals surface area contributed by atoms with Gasteiger partial charge in [-0.05, 0) is 25.1 Å². The number of rotatable bonds is 3. The lowest BCUT2D eigenvalue weighted by Gasteiger charge is -2.11. The lowest BCUT2D eigenvalue weighted by atomic mass is 10.2. The second-order valence-corrected chi connectivity index (χ2v) is 4.23. The number of amides is 1. The number of aromatic amines is 1. The van der Waals surface area contributed by atoms with Gasteiger partial charge < -0.3 is 10.3 Å². The summed E-state index contributed by atoms with van der Waals surface area (Å²) in [6, 6.07) is 3.59. The molecule has 94 valence electrons. The molecule has 1 atom stereocenters. The Hall–Kier alpha value is -1.88. The molecule has 0 saturated heterocycles. The molecule has 0 saturated carbocycles. The Labute approximate surface area is 108 Å². The number of carbonyl (C=O) groups excluding carboxylic acids is 1. The largest absolute Gasteiger partial charge is 0.347 e. The summed E-state index contributed by atoms with van der Waals surface area (Å²) < 4.78 is 13.5. The Morgan fingerprint density at radius 2 is 2.33 bits per heavy atom. The number of carbonyl (C=O) groups is 1. The van der Waals surface area contributed by atoms with Crippen molar-refractivity contribution in [2.24, 2.45) is 0 Å². The van der Waals surface area contributed by atoms with Crippen molar-refractivity contribution in [2.45, 2.75) is 13.0 Å². The number of hydrogen-bond donors (Lipinski definition) is 2. The molecule has 2 rings (SSSR count). The molecule has 2 N–H and O–H groups in total. The van der Waals surface area contributed by atoms with Crippen molar-refractivity contribution in [3.63, 3.8) is 0 Å². The van der Waals surface area contributed by atoms with Gasteiger partial charge in [-0.2, -0.15) is 0 Å². The number of nitrogens with one attached hydrogen (secondary N) is 2. The quantitative estimate of drug-likeness (QED) is 0.898. The zero-order valence-electron chi connectivity index (χ0n) is 9.58. The zero-order valence-corrected chi connectivity index (χ0v) is 10.3. The summed E-state index contributed by atoms with van der Waals surface area (Å²) in [4.78, 5) is 18.7. The number of hydrogen-bond acceptors (Lipinski definition) is 2. The van der Waals surface area contributed by atoms with Crippen molar-refractivity contribution in [1.29, 1.82) is 0 Å². The third-order valence-electron chi connectivity index (χ3n) is 2.45. The van der Waals surface area contributed by atoms with Crippen LogP contribution in [-0.4, -0.2) is 15.9 Å². The molecule has 6 heteroatoms. The van der Waals surface area contributed by atoms with E-state index in [0.29, 0.717) is 5.82 Å². The number of nitrogens with zero attached hydrogens (tertiary/aromatic N) is 1. The predicted molar refractivity (Wildman–Crippen MR) is 65.9 cm³/mol. The monoisotopic (exact) mass is 267 g/mol. The maximum Gasteiger partial charge on any atom is 0.254 e. The highest BCUT2D eigenvalue weighted by Crippen LogP contribution is 2.15. The molecule has 1 aromatic heterocycles. The minimum absolute atomic E-state index is 0.0437. The van der Waals surface area contributed by atoms with Gasteiger partial charge in [-0.3, -0.25) is 4.79 Å². The first-order valence-corrected chi connectivity index (χ1v) is 5.71. The fraction of sp³-hybridized carbons (Fsp3) is 0.167. The minimum Gasteiger partial charge on any atom is -0.347 e. The summed E-state index contributed by atoms with van der Waals surface area (Å²) in [6.07, 6.45) is 3.24. The van der Waals surface area contributed by atoms with Crippen LogP contribution in [0.15, 0.2) is 30.6 Å². The number of benzene rings is 1. The van der Waals surface area contributed by atoms with Gasteiger partial charge in [0.1, 0.15) is 11.6 Å². The summed E-state index contributed by atoms with van der Waals surface area (Å²) in [6.45, 7) is 1.75. The second-order valence-electron chi connectivity index (χ2n) is 3.79. The van der Waals surface area contributed by atoms with Crippen LogP contribution < -0.4 is 5.32 Å². The molecule has 18 heavy (non-hydrogen) atoms. The average Bonchev–Trinajstić information content (AvgIpc) is 2.81. The Bertz CT molecular complexity index is 556. The fourth-order valence-corrected chi connectivity index (χ4v) is 1.69. The fourth-order valence-electron chi connectivity index (χ4n) is 1.53. The third kappa shape index (κ3) is 2.68. The van der Waals surface area contributed by atoms with Crippen LogP contribution in [0.25, 0.3) is 0 Å². The van der Waals surface area contributed by atoms with E-state index in [4.69, 9.17) is 11.6 Å². The molecule has 0 aliphatic rings. The number of imidazole rings is 1. The molecule has 1 unspecified atom stereocenters. The molecular formula is C12H11ClFN3O. The van der Waals surface area contributed by atoms with E-state index in [2.05, 4.69) is 15.3 Å². The minimum atomic E-state index is -0.647. The van der Waals surface area contributed by atoms with Crippen molar-refractivity contribution < 1.29 is 9.18 Å². The summed E-state index contributed by atoms with van der Waals surface area (Å²) in [5, 5.41) is 2.90. The Morgan fingerprint density at radius 3 is 2.94 bits per heavy atom. The van der Waals surface area contributed by atoms with Gasteiger partial charge in [0, 0.05) is 17.4 Å². The SMILES string of the molecule is CC(NC(=O)c1ccc(Cl)cc1F)c1ncc[nH]1. The van der Waals surface area contributed by atoms with Crippen LogP contribution >= 0.6 is 11.6 Å². The maximum absolute atomic E-state index is 13.5. The molecular weight excluding hydrogens is 257 g/mol. The smallest absolute Gasteiger partial charge is 0.254 e. The average molecular weight is 268 g/mol. The van der Waals surface area contributed by atoms with E-state index >= 15 is 0 Å². The van der Waals surface area contributed by atoms with E-state index in [-0.39, 0.29) is 16.6 Å². The van der Waals surface area contributed by atoms with Crippen LogP contribution in [0.1, 0.15) is 29.1 Å². The standard InChI is InChI=1S/C12H11ClFN3O/c1-7(11-15-4-5-16-11)17-12(18)9-3-2-8(13)6-10(9)14/h2-7H,1H3,(H,15,16)(H,17,18). The van der Waals surface area contributed by atoms with Crippen LogP contribution in [0.4, 0.5) is 4.39 Å². The van der Waals surface area contributed by atoms with Gasteiger partial charge in [-0.25, -0.2) is 9.37 Å². The van der Waals surface area contributed by atoms with Gasteiger partial charge >= 0.3 is 0 Å². The lowest BCUT2D eigenvalue weighted by Crippen LogP contribution is -2.28. The van der Waals surface area contributed by atoms with Crippen molar-refractivity contribution >= 4 is 17.5 Å². The van der Waals surface area contributed by atoms with Crippen LogP contribution in [-0.2, 0) is 0 Å². The molecule has 1 aromatic carbocycles. The second kappa shape index (κ2) is 5.18. The van der Waals surface area contributed by atoms with Crippen molar-refractivity contribution in [3.05, 3.63) is 52.8 Å². The highest BCUT2D eigenvalue weighted by atomic mass is 35.5. The molecule has 2 aromatic rings. The first-order chi connectivity index (χ1) is 8.58. The Kier molecular flexibility index (Phi) is 3.62. The van der Waals surface area contributed by atoms with E-state index in [1.165, 1.54) is 12.1 Å². The molecule has 0 aliphatic carbocycles. The number of aromatic nitrogens is 2. The van der Waals surface area contributed by atoms with E-state index in [1.54, 1.807) is 19.3 Å². The maximum atomic E-state index is 13.5. The lowest BCUT2D eigenvalue weighted by molar-refractivity contribution is 0.0934. The van der Waals surface area contributed by atoms with Gasteiger partial charge in [0.25, 0.3) is 5.91 Å². The van der Waals surface area contributed by atoms with E-state index < -0.39 is 11.7 Å². The predicted octanol–water partition coefficient (Wildman–Crippen LogP) is 2.69. The summed E-state index contributed by atoms with van der Waals surface area (Å²) in [7, 11) is 0.